The minimum Gasteiger partial charge on any atom is -0.493 e. The van der Waals surface area contributed by atoms with Crippen LogP contribution in [0.4, 0.5) is 0 Å². The van der Waals surface area contributed by atoms with Gasteiger partial charge in [0.25, 0.3) is 0 Å². The van der Waals surface area contributed by atoms with E-state index in [1.807, 2.05) is 19.1 Å². The number of carbonyl (C=O) groups excluding carboxylic acids is 4. The Kier molecular flexibility index (Phi) is 8.26. The van der Waals surface area contributed by atoms with Crippen LogP contribution in [0.25, 0.3) is 10.9 Å². The van der Waals surface area contributed by atoms with Gasteiger partial charge in [0.15, 0.2) is 11.6 Å². The van der Waals surface area contributed by atoms with Gasteiger partial charge < -0.3 is 15.0 Å². The first kappa shape index (κ1) is 29.3. The maximum Gasteiger partial charge on any atom is 0.245 e. The van der Waals surface area contributed by atoms with E-state index in [0.29, 0.717) is 55.2 Å². The molecule has 3 aliphatic rings. The molecule has 2 amide bonds. The molecular weight excluding hydrogens is 520 g/mol. The normalized spacial score (nSPS) is 27.0. The Morgan fingerprint density at radius 1 is 1.20 bits per heavy atom. The van der Waals surface area contributed by atoms with Crippen molar-refractivity contribution in [2.45, 2.75) is 105 Å². The number of Topliss-reactive ketones (excluding diaryl/α,β-unsaturated/α-hetero) is 2. The zero-order chi connectivity index (χ0) is 29.5. The molecule has 0 spiro atoms. The number of ether oxygens (including phenoxy) is 1. The molecule has 0 radical (unpaired) electrons. The van der Waals surface area contributed by atoms with E-state index in [0.717, 1.165) is 43.2 Å². The molecule has 4 atom stereocenters. The molecule has 1 aromatic heterocycles. The number of hydrogen-bond acceptors (Lipinski definition) is 6. The highest BCUT2D eigenvalue weighted by Crippen LogP contribution is 2.59. The number of rotatable bonds is 6. The van der Waals surface area contributed by atoms with Crippen LogP contribution in [0, 0.1) is 17.3 Å². The Morgan fingerprint density at radius 2 is 1.98 bits per heavy atom. The average Bonchev–Trinajstić information content (AvgIpc) is 3.33. The van der Waals surface area contributed by atoms with Gasteiger partial charge in [-0.25, -0.2) is 0 Å². The van der Waals surface area contributed by atoms with Crippen molar-refractivity contribution < 1.29 is 23.9 Å². The third-order valence-corrected chi connectivity index (χ3v) is 9.09. The molecule has 9 heteroatoms. The highest BCUT2D eigenvalue weighted by atomic mass is 16.5. The van der Waals surface area contributed by atoms with E-state index in [2.05, 4.69) is 31.2 Å². The van der Waals surface area contributed by atoms with E-state index in [1.165, 1.54) is 6.92 Å². The van der Waals surface area contributed by atoms with Gasteiger partial charge in [-0.15, -0.1) is 0 Å². The Bertz CT molecular complexity index is 1360. The predicted octanol–water partition coefficient (Wildman–Crippen LogP) is 4.48. The number of amides is 2. The second-order valence-corrected chi connectivity index (χ2v) is 13.0. The summed E-state index contributed by atoms with van der Waals surface area (Å²) in [7, 11) is 0. The van der Waals surface area contributed by atoms with Crippen molar-refractivity contribution >= 4 is 34.3 Å². The highest BCUT2D eigenvalue weighted by molar-refractivity contribution is 6.06. The summed E-state index contributed by atoms with van der Waals surface area (Å²) in [4.78, 5) is 54.3. The minimum atomic E-state index is -0.495. The molecule has 2 fully saturated rings. The van der Waals surface area contributed by atoms with Gasteiger partial charge in [0.1, 0.15) is 18.0 Å². The first-order valence-corrected chi connectivity index (χ1v) is 15.3. The van der Waals surface area contributed by atoms with Crippen LogP contribution in [0.3, 0.4) is 0 Å². The van der Waals surface area contributed by atoms with Crippen LogP contribution in [0.1, 0.15) is 95.6 Å². The average molecular weight is 565 g/mol. The molecule has 5 rings (SSSR count). The fourth-order valence-electron chi connectivity index (χ4n) is 6.82. The lowest BCUT2D eigenvalue weighted by atomic mass is 9.95. The Labute approximate surface area is 242 Å². The molecule has 1 aromatic carbocycles. The topological polar surface area (TPSA) is 111 Å². The lowest BCUT2D eigenvalue weighted by Gasteiger charge is -2.26. The molecule has 3 heterocycles. The van der Waals surface area contributed by atoms with Crippen LogP contribution >= 0.6 is 0 Å². The van der Waals surface area contributed by atoms with Gasteiger partial charge in [-0.05, 0) is 55.2 Å². The minimum absolute atomic E-state index is 0.0404. The van der Waals surface area contributed by atoms with Crippen molar-refractivity contribution in [2.75, 3.05) is 13.2 Å². The van der Waals surface area contributed by atoms with E-state index in [1.54, 1.807) is 9.58 Å². The smallest absolute Gasteiger partial charge is 0.245 e. The summed E-state index contributed by atoms with van der Waals surface area (Å²) in [5.41, 5.74) is 1.86. The van der Waals surface area contributed by atoms with Gasteiger partial charge >= 0.3 is 0 Å². The third kappa shape index (κ3) is 5.90. The van der Waals surface area contributed by atoms with Gasteiger partial charge in [-0.2, -0.15) is 5.10 Å². The highest BCUT2D eigenvalue weighted by Gasteiger charge is 2.66. The maximum absolute atomic E-state index is 14.0. The summed E-state index contributed by atoms with van der Waals surface area (Å²) in [6.07, 6.45) is 5.70. The second-order valence-electron chi connectivity index (χ2n) is 13.0. The standard InChI is InChI=1S/C32H44N4O5/c1-6-26(38)25-14-32-15-27(32)36(25)29(40)16-35-31-22(10-8-7-9-20(4)11-28(39)33-18-32)12-23(41-17-19(2)3)13-24(31)30(34-35)21(5)37/h12-13,19-20,25,27H,6-11,14-18H2,1-5H3,(H,33,39)/t20-,25+,27-,32+/m1/s1. The number of aromatic nitrogens is 2. The molecule has 0 unspecified atom stereocenters. The molecule has 9 nitrogen and oxygen atoms in total. The number of carbonyl (C=O) groups is 4. The fraction of sp³-hybridized carbons (Fsp3) is 0.656. The number of nitrogens with zero attached hydrogens (tertiary/aromatic N) is 3. The van der Waals surface area contributed by atoms with Crippen molar-refractivity contribution in [3.63, 3.8) is 0 Å². The summed E-state index contributed by atoms with van der Waals surface area (Å²) in [6, 6.07) is 3.33. The molecule has 1 saturated heterocycles. The molecule has 1 aliphatic carbocycles. The van der Waals surface area contributed by atoms with Gasteiger partial charge in [0.2, 0.25) is 11.8 Å². The van der Waals surface area contributed by atoms with Crippen LogP contribution in [0.15, 0.2) is 12.1 Å². The Morgan fingerprint density at radius 3 is 2.68 bits per heavy atom. The molecule has 222 valence electrons. The maximum atomic E-state index is 14.0. The number of hydrogen-bond donors (Lipinski definition) is 1. The van der Waals surface area contributed by atoms with Gasteiger partial charge in [-0.1, -0.05) is 40.5 Å². The van der Waals surface area contributed by atoms with Gasteiger partial charge in [0, 0.05) is 43.2 Å². The molecule has 2 bridgehead atoms. The summed E-state index contributed by atoms with van der Waals surface area (Å²) < 4.78 is 7.77. The molecule has 1 N–H and O–H groups in total. The summed E-state index contributed by atoms with van der Waals surface area (Å²) >= 11 is 0. The molecular formula is C32H44N4O5. The Hall–Kier alpha value is -3.23. The van der Waals surface area contributed by atoms with Crippen LogP contribution in [0.2, 0.25) is 0 Å². The van der Waals surface area contributed by atoms with Crippen LogP contribution in [-0.4, -0.2) is 63.3 Å². The zero-order valence-electron chi connectivity index (χ0n) is 25.1. The van der Waals surface area contributed by atoms with Crippen LogP contribution in [-0.2, 0) is 27.3 Å². The van der Waals surface area contributed by atoms with Crippen molar-refractivity contribution in [1.29, 1.82) is 0 Å². The van der Waals surface area contributed by atoms with Crippen LogP contribution < -0.4 is 10.1 Å². The monoisotopic (exact) mass is 564 g/mol. The van der Waals surface area contributed by atoms with Crippen molar-refractivity contribution in [2.24, 2.45) is 17.3 Å². The second kappa shape index (κ2) is 11.6. The Balaban J connectivity index is 1.57. The van der Waals surface area contributed by atoms with E-state index >= 15 is 0 Å². The fourth-order valence-corrected chi connectivity index (χ4v) is 6.82. The number of piperidine rings is 1. The first-order chi connectivity index (χ1) is 19.5. The van der Waals surface area contributed by atoms with Gasteiger partial charge in [0.05, 0.1) is 18.2 Å². The lowest BCUT2D eigenvalue weighted by Crippen LogP contribution is -2.44. The number of ketones is 2. The van der Waals surface area contributed by atoms with Gasteiger partial charge in [-0.3, -0.25) is 23.9 Å². The molecule has 2 aliphatic heterocycles. The molecule has 1 saturated carbocycles. The van der Waals surface area contributed by atoms with E-state index in [-0.39, 0.29) is 47.3 Å². The van der Waals surface area contributed by atoms with E-state index in [9.17, 15) is 19.2 Å². The third-order valence-electron chi connectivity index (χ3n) is 9.09. The summed E-state index contributed by atoms with van der Waals surface area (Å²) in [5.74, 6) is 1.04. The first-order valence-electron chi connectivity index (χ1n) is 15.3. The summed E-state index contributed by atoms with van der Waals surface area (Å²) in [5, 5.41) is 8.50. The van der Waals surface area contributed by atoms with Crippen molar-refractivity contribution in [3.05, 3.63) is 23.4 Å². The molecule has 2 aromatic rings. The lowest BCUT2D eigenvalue weighted by molar-refractivity contribution is -0.139. The quantitative estimate of drug-likeness (QED) is 0.518. The predicted molar refractivity (Wildman–Crippen MR) is 156 cm³/mol. The molecule has 41 heavy (non-hydrogen) atoms. The van der Waals surface area contributed by atoms with Crippen molar-refractivity contribution in [1.82, 2.24) is 20.0 Å². The van der Waals surface area contributed by atoms with Crippen LogP contribution in [0.5, 0.6) is 5.75 Å². The number of nitrogens with one attached hydrogen (secondary N) is 1. The summed E-state index contributed by atoms with van der Waals surface area (Å²) in [6.45, 7) is 10.6. The SMILES string of the molecule is CCC(=O)[C@@H]1C[C@]23CNC(=O)C[C@H](C)CCCCc4cc(OCC(C)C)cc5c(C(C)=O)nn(c45)CC(=O)N1[C@@H]2C3. The van der Waals surface area contributed by atoms with Crippen molar-refractivity contribution in [3.8, 4) is 5.75 Å². The zero-order valence-corrected chi connectivity index (χ0v) is 25.1. The number of benzene rings is 1. The van der Waals surface area contributed by atoms with E-state index in [4.69, 9.17) is 4.74 Å². The van der Waals surface area contributed by atoms with E-state index < -0.39 is 6.04 Å². The number of aryl methyl sites for hydroxylation is 1. The largest absolute Gasteiger partial charge is 0.493 e.